The van der Waals surface area contributed by atoms with E-state index in [4.69, 9.17) is 0 Å². The Labute approximate surface area is 124 Å². The lowest BCUT2D eigenvalue weighted by Crippen LogP contribution is -2.30. The fraction of sp³-hybridized carbons (Fsp3) is 0.692. The lowest BCUT2D eigenvalue weighted by molar-refractivity contribution is 0.328. The molecule has 1 aromatic heterocycles. The van der Waals surface area contributed by atoms with E-state index in [9.17, 15) is 13.2 Å². The number of nitrogens with zero attached hydrogens (tertiary/aromatic N) is 3. The van der Waals surface area contributed by atoms with Crippen LogP contribution in [0.2, 0.25) is 0 Å². The van der Waals surface area contributed by atoms with E-state index in [0.29, 0.717) is 24.6 Å². The first kappa shape index (κ1) is 14.7. The van der Waals surface area contributed by atoms with Gasteiger partial charge in [-0.25, -0.2) is 18.1 Å². The molecule has 0 atom stereocenters. The molecular formula is C13H20N4O3S. The zero-order chi connectivity index (χ0) is 15.0. The van der Waals surface area contributed by atoms with Gasteiger partial charge >= 0.3 is 0 Å². The monoisotopic (exact) mass is 312 g/mol. The Balaban J connectivity index is 1.80. The molecule has 1 N–H and O–H groups in total. The topological polar surface area (TPSA) is 84.3 Å². The number of sulfonamides is 1. The van der Waals surface area contributed by atoms with E-state index in [-0.39, 0.29) is 17.4 Å². The lowest BCUT2D eigenvalue weighted by Gasteiger charge is -2.13. The quantitative estimate of drug-likeness (QED) is 0.822. The van der Waals surface area contributed by atoms with E-state index in [1.165, 1.54) is 6.07 Å². The highest BCUT2D eigenvalue weighted by Crippen LogP contribution is 2.27. The molecular weight excluding hydrogens is 292 g/mol. The molecule has 7 nitrogen and oxygen atoms in total. The molecule has 0 amide bonds. The molecule has 0 saturated heterocycles. The zero-order valence-corrected chi connectivity index (χ0v) is 12.9. The molecule has 1 fully saturated rings. The molecule has 1 saturated carbocycles. The maximum Gasteiger partial charge on any atom is 0.253 e. The van der Waals surface area contributed by atoms with Crippen molar-refractivity contribution >= 4 is 10.0 Å². The highest BCUT2D eigenvalue weighted by Gasteiger charge is 2.35. The molecule has 2 heterocycles. The molecule has 8 heteroatoms. The van der Waals surface area contributed by atoms with Gasteiger partial charge in [-0.15, -0.1) is 0 Å². The van der Waals surface area contributed by atoms with Gasteiger partial charge in [-0.05, 0) is 26.3 Å². The number of fused-ring (bicyclic) bond motifs is 1. The SMILES string of the molecule is CN1CCCn2c(nc(CNS(=O)(=O)C3CC3)cc2=O)C1. The summed E-state index contributed by atoms with van der Waals surface area (Å²) in [6.07, 6.45) is 2.36. The highest BCUT2D eigenvalue weighted by molar-refractivity contribution is 7.90. The van der Waals surface area contributed by atoms with Gasteiger partial charge in [-0.2, -0.15) is 0 Å². The van der Waals surface area contributed by atoms with Crippen molar-refractivity contribution in [2.75, 3.05) is 13.6 Å². The van der Waals surface area contributed by atoms with Crippen LogP contribution in [-0.2, 0) is 29.7 Å². The second kappa shape index (κ2) is 5.51. The van der Waals surface area contributed by atoms with Crippen LogP contribution in [0.15, 0.2) is 10.9 Å². The van der Waals surface area contributed by atoms with Crippen molar-refractivity contribution in [3.05, 3.63) is 27.9 Å². The third-order valence-corrected chi connectivity index (χ3v) is 5.79. The minimum Gasteiger partial charge on any atom is -0.299 e. The summed E-state index contributed by atoms with van der Waals surface area (Å²) in [6.45, 7) is 2.29. The van der Waals surface area contributed by atoms with Crippen LogP contribution in [0.1, 0.15) is 30.8 Å². The summed E-state index contributed by atoms with van der Waals surface area (Å²) in [6, 6.07) is 1.43. The molecule has 0 radical (unpaired) electrons. The largest absolute Gasteiger partial charge is 0.299 e. The summed E-state index contributed by atoms with van der Waals surface area (Å²) in [5, 5.41) is -0.259. The first-order chi connectivity index (χ1) is 9.95. The molecule has 116 valence electrons. The summed E-state index contributed by atoms with van der Waals surface area (Å²) >= 11 is 0. The molecule has 21 heavy (non-hydrogen) atoms. The summed E-state index contributed by atoms with van der Waals surface area (Å²) in [5.74, 6) is 0.711. The zero-order valence-electron chi connectivity index (χ0n) is 12.1. The number of aromatic nitrogens is 2. The Morgan fingerprint density at radius 2 is 2.14 bits per heavy atom. The second-order valence-electron chi connectivity index (χ2n) is 5.81. The first-order valence-electron chi connectivity index (χ1n) is 7.22. The van der Waals surface area contributed by atoms with E-state index in [1.54, 1.807) is 4.57 Å². The minimum atomic E-state index is -3.25. The Bertz CT molecular complexity index is 694. The summed E-state index contributed by atoms with van der Waals surface area (Å²) in [7, 11) is -1.26. The Morgan fingerprint density at radius 1 is 1.38 bits per heavy atom. The van der Waals surface area contributed by atoms with E-state index in [0.717, 1.165) is 25.8 Å². The molecule has 3 rings (SSSR count). The van der Waals surface area contributed by atoms with E-state index in [2.05, 4.69) is 14.6 Å². The number of rotatable bonds is 4. The van der Waals surface area contributed by atoms with Gasteiger partial charge in [0, 0.05) is 19.2 Å². The first-order valence-corrected chi connectivity index (χ1v) is 8.77. The fourth-order valence-corrected chi connectivity index (χ4v) is 3.89. The van der Waals surface area contributed by atoms with Crippen molar-refractivity contribution < 1.29 is 8.42 Å². The van der Waals surface area contributed by atoms with Gasteiger partial charge < -0.3 is 0 Å². The maximum absolute atomic E-state index is 12.1. The van der Waals surface area contributed by atoms with E-state index < -0.39 is 10.0 Å². The standard InChI is InChI=1S/C13H20N4O3S/c1-16-5-2-6-17-12(9-16)15-10(7-13(17)18)8-14-21(19,20)11-3-4-11/h7,11,14H,2-6,8-9H2,1H3. The van der Waals surface area contributed by atoms with Gasteiger partial charge in [0.25, 0.3) is 5.56 Å². The molecule has 0 aromatic carbocycles. The Kier molecular flexibility index (Phi) is 3.85. The van der Waals surface area contributed by atoms with Crippen LogP contribution < -0.4 is 10.3 Å². The predicted octanol–water partition coefficient (Wildman–Crippen LogP) is -0.339. The van der Waals surface area contributed by atoms with Crippen LogP contribution >= 0.6 is 0 Å². The van der Waals surface area contributed by atoms with Gasteiger partial charge in [0.05, 0.1) is 24.0 Å². The third-order valence-electron chi connectivity index (χ3n) is 3.89. The highest BCUT2D eigenvalue weighted by atomic mass is 32.2. The average Bonchev–Trinajstić information content (AvgIpc) is 3.23. The van der Waals surface area contributed by atoms with Crippen molar-refractivity contribution in [3.8, 4) is 0 Å². The normalized spacial score (nSPS) is 20.0. The van der Waals surface area contributed by atoms with Gasteiger partial charge in [-0.1, -0.05) is 0 Å². The molecule has 1 aromatic rings. The number of nitrogens with one attached hydrogen (secondary N) is 1. The minimum absolute atomic E-state index is 0.0889. The predicted molar refractivity (Wildman–Crippen MR) is 78.2 cm³/mol. The van der Waals surface area contributed by atoms with Gasteiger partial charge in [0.15, 0.2) is 0 Å². The van der Waals surface area contributed by atoms with Gasteiger partial charge in [-0.3, -0.25) is 14.3 Å². The number of hydrogen-bond acceptors (Lipinski definition) is 5. The van der Waals surface area contributed by atoms with Crippen LogP contribution in [0.3, 0.4) is 0 Å². The Hall–Kier alpha value is -1.25. The van der Waals surface area contributed by atoms with Gasteiger partial charge in [0.2, 0.25) is 10.0 Å². The second-order valence-corrected chi connectivity index (χ2v) is 7.86. The summed E-state index contributed by atoms with van der Waals surface area (Å²) in [5.41, 5.74) is 0.390. The van der Waals surface area contributed by atoms with Crippen molar-refractivity contribution in [1.29, 1.82) is 0 Å². The lowest BCUT2D eigenvalue weighted by atomic mass is 10.3. The van der Waals surface area contributed by atoms with Crippen LogP contribution in [0.4, 0.5) is 0 Å². The van der Waals surface area contributed by atoms with E-state index >= 15 is 0 Å². The molecule has 1 aliphatic heterocycles. The molecule has 1 aliphatic carbocycles. The van der Waals surface area contributed by atoms with Crippen molar-refractivity contribution in [1.82, 2.24) is 19.2 Å². The van der Waals surface area contributed by atoms with Crippen LogP contribution in [0.25, 0.3) is 0 Å². The maximum atomic E-state index is 12.1. The molecule has 2 aliphatic rings. The van der Waals surface area contributed by atoms with Crippen molar-refractivity contribution in [2.24, 2.45) is 0 Å². The summed E-state index contributed by atoms with van der Waals surface area (Å²) < 4.78 is 27.9. The van der Waals surface area contributed by atoms with Crippen LogP contribution in [-0.4, -0.2) is 41.7 Å². The fourth-order valence-electron chi connectivity index (χ4n) is 2.55. The smallest absolute Gasteiger partial charge is 0.253 e. The molecule has 0 bridgehead atoms. The van der Waals surface area contributed by atoms with Crippen LogP contribution in [0, 0.1) is 0 Å². The Morgan fingerprint density at radius 3 is 2.86 bits per heavy atom. The number of hydrogen-bond donors (Lipinski definition) is 1. The van der Waals surface area contributed by atoms with Crippen molar-refractivity contribution in [3.63, 3.8) is 0 Å². The van der Waals surface area contributed by atoms with Crippen LogP contribution in [0.5, 0.6) is 0 Å². The molecule has 0 spiro atoms. The van der Waals surface area contributed by atoms with Gasteiger partial charge in [0.1, 0.15) is 5.82 Å². The van der Waals surface area contributed by atoms with Crippen molar-refractivity contribution in [2.45, 2.75) is 44.1 Å². The summed E-state index contributed by atoms with van der Waals surface area (Å²) in [4.78, 5) is 18.7. The van der Waals surface area contributed by atoms with E-state index in [1.807, 2.05) is 7.05 Å². The third kappa shape index (κ3) is 3.33. The molecule has 0 unspecified atom stereocenters. The average molecular weight is 312 g/mol.